The van der Waals surface area contributed by atoms with Crippen LogP contribution in [-0.2, 0) is 10.0 Å². The maximum Gasteiger partial charge on any atom is 0.264 e. The van der Waals surface area contributed by atoms with Crippen molar-refractivity contribution in [3.63, 3.8) is 0 Å². The van der Waals surface area contributed by atoms with Gasteiger partial charge in [0, 0.05) is 23.0 Å². The number of sulfonamides is 1. The van der Waals surface area contributed by atoms with Gasteiger partial charge in [0.1, 0.15) is 10.7 Å². The van der Waals surface area contributed by atoms with Crippen molar-refractivity contribution in [3.8, 4) is 17.2 Å². The van der Waals surface area contributed by atoms with E-state index >= 15 is 0 Å². The van der Waals surface area contributed by atoms with Crippen molar-refractivity contribution >= 4 is 27.3 Å². The molecule has 0 amide bonds. The summed E-state index contributed by atoms with van der Waals surface area (Å²) >= 11 is 5.96. The van der Waals surface area contributed by atoms with Gasteiger partial charge in [-0.2, -0.15) is 5.26 Å². The summed E-state index contributed by atoms with van der Waals surface area (Å²) in [6.07, 6.45) is 2.83. The minimum atomic E-state index is -4.05. The van der Waals surface area contributed by atoms with E-state index in [9.17, 15) is 12.8 Å². The van der Waals surface area contributed by atoms with E-state index in [-0.39, 0.29) is 16.1 Å². The SMILES string of the molecule is N#Cc1ccc(NS(=O)(=O)c2c[nH]cc2-c2cccc(Cl)c2)c(F)c1. The average molecular weight is 376 g/mol. The van der Waals surface area contributed by atoms with Gasteiger partial charge in [-0.1, -0.05) is 23.7 Å². The molecule has 0 aliphatic rings. The summed E-state index contributed by atoms with van der Waals surface area (Å²) in [4.78, 5) is 2.70. The predicted molar refractivity (Wildman–Crippen MR) is 93.2 cm³/mol. The Balaban J connectivity index is 2.00. The third-order valence-electron chi connectivity index (χ3n) is 3.48. The number of hydrogen-bond acceptors (Lipinski definition) is 3. The summed E-state index contributed by atoms with van der Waals surface area (Å²) in [5.41, 5.74) is 0.873. The number of benzene rings is 2. The minimum Gasteiger partial charge on any atom is -0.366 e. The van der Waals surface area contributed by atoms with Crippen molar-refractivity contribution in [2.24, 2.45) is 0 Å². The number of aromatic amines is 1. The number of aromatic nitrogens is 1. The van der Waals surface area contributed by atoms with E-state index in [1.807, 2.05) is 0 Å². The first kappa shape index (κ1) is 17.0. The van der Waals surface area contributed by atoms with Gasteiger partial charge < -0.3 is 4.98 Å². The third kappa shape index (κ3) is 3.50. The van der Waals surface area contributed by atoms with E-state index in [0.717, 1.165) is 6.07 Å². The molecule has 1 heterocycles. The van der Waals surface area contributed by atoms with Crippen LogP contribution in [0.2, 0.25) is 5.02 Å². The van der Waals surface area contributed by atoms with Gasteiger partial charge in [0.05, 0.1) is 17.3 Å². The maximum absolute atomic E-state index is 14.0. The second-order valence-electron chi connectivity index (χ2n) is 5.16. The Kier molecular flexibility index (Phi) is 4.49. The van der Waals surface area contributed by atoms with E-state index in [4.69, 9.17) is 16.9 Å². The number of anilines is 1. The Labute approximate surface area is 148 Å². The molecule has 8 heteroatoms. The number of halogens is 2. The standard InChI is InChI=1S/C17H11ClFN3O2S/c18-13-3-1-2-12(7-13)14-9-21-10-17(14)25(23,24)22-16-5-4-11(8-20)6-15(16)19/h1-7,9-10,21-22H. The normalized spacial score (nSPS) is 11.1. The first-order valence-corrected chi connectivity index (χ1v) is 8.92. The smallest absolute Gasteiger partial charge is 0.264 e. The second kappa shape index (κ2) is 6.59. The van der Waals surface area contributed by atoms with Crippen LogP contribution in [0.1, 0.15) is 5.56 Å². The Morgan fingerprint density at radius 2 is 1.96 bits per heavy atom. The van der Waals surface area contributed by atoms with Crippen molar-refractivity contribution < 1.29 is 12.8 Å². The van der Waals surface area contributed by atoms with Gasteiger partial charge in [-0.25, -0.2) is 12.8 Å². The lowest BCUT2D eigenvalue weighted by Gasteiger charge is -2.10. The molecule has 0 saturated carbocycles. The topological polar surface area (TPSA) is 85.8 Å². The number of nitriles is 1. The molecule has 3 aromatic rings. The van der Waals surface area contributed by atoms with Crippen LogP contribution in [0.5, 0.6) is 0 Å². The molecule has 0 fully saturated rings. The number of nitrogens with one attached hydrogen (secondary N) is 2. The lowest BCUT2D eigenvalue weighted by atomic mass is 10.1. The first-order valence-electron chi connectivity index (χ1n) is 7.06. The first-order chi connectivity index (χ1) is 11.9. The Morgan fingerprint density at radius 1 is 1.16 bits per heavy atom. The molecule has 1 aromatic heterocycles. The molecule has 0 radical (unpaired) electrons. The number of rotatable bonds is 4. The zero-order valence-electron chi connectivity index (χ0n) is 12.6. The van der Waals surface area contributed by atoms with Crippen molar-refractivity contribution in [3.05, 3.63) is 71.3 Å². The van der Waals surface area contributed by atoms with Crippen LogP contribution in [0.3, 0.4) is 0 Å². The summed E-state index contributed by atoms with van der Waals surface area (Å²) in [5.74, 6) is -0.831. The summed E-state index contributed by atoms with van der Waals surface area (Å²) in [6.45, 7) is 0. The molecule has 0 spiro atoms. The van der Waals surface area contributed by atoms with Crippen molar-refractivity contribution in [2.75, 3.05) is 4.72 Å². The zero-order valence-corrected chi connectivity index (χ0v) is 14.2. The van der Waals surface area contributed by atoms with Crippen molar-refractivity contribution in [2.45, 2.75) is 4.90 Å². The highest BCUT2D eigenvalue weighted by molar-refractivity contribution is 7.92. The molecule has 3 rings (SSSR count). The van der Waals surface area contributed by atoms with E-state index in [2.05, 4.69) is 9.71 Å². The molecule has 2 N–H and O–H groups in total. The fourth-order valence-corrected chi connectivity index (χ4v) is 3.77. The Hall–Kier alpha value is -2.82. The van der Waals surface area contributed by atoms with Crippen molar-refractivity contribution in [1.82, 2.24) is 4.98 Å². The van der Waals surface area contributed by atoms with E-state index in [0.29, 0.717) is 16.1 Å². The van der Waals surface area contributed by atoms with Crippen LogP contribution in [0.25, 0.3) is 11.1 Å². The van der Waals surface area contributed by atoms with Gasteiger partial charge in [-0.3, -0.25) is 4.72 Å². The van der Waals surface area contributed by atoms with Gasteiger partial charge in [0.25, 0.3) is 10.0 Å². The molecule has 0 aliphatic heterocycles. The molecular formula is C17H11ClFN3O2S. The molecular weight excluding hydrogens is 365 g/mol. The van der Waals surface area contributed by atoms with E-state index in [1.165, 1.54) is 24.5 Å². The molecule has 0 atom stereocenters. The molecule has 0 bridgehead atoms. The van der Waals surface area contributed by atoms with Crippen LogP contribution < -0.4 is 4.72 Å². The molecule has 5 nitrogen and oxygen atoms in total. The highest BCUT2D eigenvalue weighted by Gasteiger charge is 2.22. The molecule has 2 aromatic carbocycles. The number of hydrogen-bond donors (Lipinski definition) is 2. The lowest BCUT2D eigenvalue weighted by Crippen LogP contribution is -2.14. The second-order valence-corrected chi connectivity index (χ2v) is 7.24. The molecule has 25 heavy (non-hydrogen) atoms. The average Bonchev–Trinajstić information content (AvgIpc) is 3.07. The van der Waals surface area contributed by atoms with Gasteiger partial charge in [0.2, 0.25) is 0 Å². The zero-order chi connectivity index (χ0) is 18.0. The van der Waals surface area contributed by atoms with Crippen LogP contribution >= 0.6 is 11.6 Å². The highest BCUT2D eigenvalue weighted by atomic mass is 35.5. The van der Waals surface area contributed by atoms with Crippen LogP contribution in [-0.4, -0.2) is 13.4 Å². The quantitative estimate of drug-likeness (QED) is 0.718. The predicted octanol–water partition coefficient (Wildman–Crippen LogP) is 4.15. The van der Waals surface area contributed by atoms with Gasteiger partial charge >= 0.3 is 0 Å². The van der Waals surface area contributed by atoms with E-state index in [1.54, 1.807) is 30.3 Å². The van der Waals surface area contributed by atoms with Crippen molar-refractivity contribution in [1.29, 1.82) is 5.26 Å². The fourth-order valence-electron chi connectivity index (χ4n) is 2.32. The van der Waals surface area contributed by atoms with Crippen LogP contribution in [0.15, 0.2) is 59.8 Å². The summed E-state index contributed by atoms with van der Waals surface area (Å²) in [5, 5.41) is 9.22. The summed E-state index contributed by atoms with van der Waals surface area (Å²) in [6, 6.07) is 12.0. The molecule has 0 unspecified atom stereocenters. The summed E-state index contributed by atoms with van der Waals surface area (Å²) in [7, 11) is -4.05. The van der Waals surface area contributed by atoms with Gasteiger partial charge in [0.15, 0.2) is 0 Å². The lowest BCUT2D eigenvalue weighted by molar-refractivity contribution is 0.599. The van der Waals surface area contributed by atoms with Crippen LogP contribution in [0, 0.1) is 17.1 Å². The molecule has 0 aliphatic carbocycles. The molecule has 0 saturated heterocycles. The van der Waals surface area contributed by atoms with Crippen LogP contribution in [0.4, 0.5) is 10.1 Å². The van der Waals surface area contributed by atoms with E-state index < -0.39 is 15.8 Å². The number of nitrogens with zero attached hydrogens (tertiary/aromatic N) is 1. The Morgan fingerprint density at radius 3 is 2.64 bits per heavy atom. The molecule has 126 valence electrons. The monoisotopic (exact) mass is 375 g/mol. The largest absolute Gasteiger partial charge is 0.366 e. The number of H-pyrrole nitrogens is 1. The fraction of sp³-hybridized carbons (Fsp3) is 0. The van der Waals surface area contributed by atoms with Gasteiger partial charge in [-0.15, -0.1) is 0 Å². The summed E-state index contributed by atoms with van der Waals surface area (Å²) < 4.78 is 41.5. The Bertz CT molecular complexity index is 1090. The van der Waals surface area contributed by atoms with Gasteiger partial charge in [-0.05, 0) is 35.9 Å². The highest BCUT2D eigenvalue weighted by Crippen LogP contribution is 2.30. The minimum absolute atomic E-state index is 0.0430. The third-order valence-corrected chi connectivity index (χ3v) is 5.12. The maximum atomic E-state index is 14.0.